The summed E-state index contributed by atoms with van der Waals surface area (Å²) in [5, 5.41) is 16.4. The molecule has 6 heteroatoms. The number of nitrogens with zero attached hydrogens (tertiary/aromatic N) is 2. The standard InChI is InChI=1S/C12H13BrN2O3/c13-9-2-1-3-10(8-9)17-7-5-12-15-14-11(18-12)4-6-16/h1-3,8,16H,4-7H2. The lowest BCUT2D eigenvalue weighted by Crippen LogP contribution is -2.01. The zero-order valence-corrected chi connectivity index (χ0v) is 11.3. The summed E-state index contributed by atoms with van der Waals surface area (Å²) < 4.78 is 11.8. The predicted octanol–water partition coefficient (Wildman–Crippen LogP) is 1.99. The van der Waals surface area contributed by atoms with Crippen LogP contribution in [0, 0.1) is 0 Å². The molecule has 1 aromatic carbocycles. The summed E-state index contributed by atoms with van der Waals surface area (Å²) in [6.45, 7) is 0.480. The third-order valence-corrected chi connectivity index (χ3v) is 2.71. The van der Waals surface area contributed by atoms with Gasteiger partial charge in [-0.05, 0) is 18.2 Å². The number of aliphatic hydroxyl groups is 1. The van der Waals surface area contributed by atoms with Crippen LogP contribution < -0.4 is 4.74 Å². The van der Waals surface area contributed by atoms with Gasteiger partial charge in [-0.25, -0.2) is 0 Å². The summed E-state index contributed by atoms with van der Waals surface area (Å²) in [5.41, 5.74) is 0. The minimum absolute atomic E-state index is 0.0101. The van der Waals surface area contributed by atoms with Crippen molar-refractivity contribution in [3.05, 3.63) is 40.5 Å². The van der Waals surface area contributed by atoms with E-state index in [-0.39, 0.29) is 6.61 Å². The maximum atomic E-state index is 8.72. The molecule has 0 aliphatic carbocycles. The van der Waals surface area contributed by atoms with E-state index in [9.17, 15) is 0 Å². The second-order valence-electron chi connectivity index (χ2n) is 3.62. The van der Waals surface area contributed by atoms with E-state index in [4.69, 9.17) is 14.3 Å². The molecule has 0 radical (unpaired) electrons. The van der Waals surface area contributed by atoms with Crippen LogP contribution in [0.3, 0.4) is 0 Å². The van der Waals surface area contributed by atoms with Gasteiger partial charge in [0.05, 0.1) is 19.6 Å². The van der Waals surface area contributed by atoms with Crippen LogP contribution in [-0.2, 0) is 12.8 Å². The molecule has 2 rings (SSSR count). The van der Waals surface area contributed by atoms with Crippen molar-refractivity contribution in [3.8, 4) is 5.75 Å². The summed E-state index contributed by atoms with van der Waals surface area (Å²) >= 11 is 3.38. The van der Waals surface area contributed by atoms with Gasteiger partial charge in [0.1, 0.15) is 5.75 Å². The van der Waals surface area contributed by atoms with Gasteiger partial charge >= 0.3 is 0 Å². The fourth-order valence-electron chi connectivity index (χ4n) is 1.40. The molecule has 0 bridgehead atoms. The maximum Gasteiger partial charge on any atom is 0.219 e. The molecule has 0 amide bonds. The fraction of sp³-hybridized carbons (Fsp3) is 0.333. The van der Waals surface area contributed by atoms with Gasteiger partial charge in [-0.3, -0.25) is 0 Å². The van der Waals surface area contributed by atoms with Gasteiger partial charge in [-0.2, -0.15) is 0 Å². The van der Waals surface area contributed by atoms with Crippen molar-refractivity contribution in [2.45, 2.75) is 12.8 Å². The molecular weight excluding hydrogens is 300 g/mol. The minimum atomic E-state index is 0.0101. The number of aliphatic hydroxyl groups excluding tert-OH is 1. The number of hydrogen-bond acceptors (Lipinski definition) is 5. The second kappa shape index (κ2) is 6.51. The van der Waals surface area contributed by atoms with Crippen LogP contribution in [0.4, 0.5) is 0 Å². The van der Waals surface area contributed by atoms with Gasteiger partial charge in [0, 0.05) is 10.9 Å². The number of benzene rings is 1. The maximum absolute atomic E-state index is 8.72. The first-order valence-corrected chi connectivity index (χ1v) is 6.37. The number of rotatable bonds is 6. The lowest BCUT2D eigenvalue weighted by atomic mass is 10.3. The Balaban J connectivity index is 1.81. The monoisotopic (exact) mass is 312 g/mol. The molecule has 96 valence electrons. The van der Waals surface area contributed by atoms with E-state index < -0.39 is 0 Å². The third kappa shape index (κ3) is 3.82. The van der Waals surface area contributed by atoms with E-state index in [1.807, 2.05) is 24.3 Å². The average Bonchev–Trinajstić information content (AvgIpc) is 2.78. The molecule has 1 N–H and O–H groups in total. The van der Waals surface area contributed by atoms with E-state index in [1.165, 1.54) is 0 Å². The highest BCUT2D eigenvalue weighted by Gasteiger charge is 2.05. The Morgan fingerprint density at radius 1 is 1.22 bits per heavy atom. The Morgan fingerprint density at radius 2 is 2.00 bits per heavy atom. The Morgan fingerprint density at radius 3 is 2.72 bits per heavy atom. The SMILES string of the molecule is OCCc1nnc(CCOc2cccc(Br)c2)o1. The fourth-order valence-corrected chi connectivity index (χ4v) is 1.78. The van der Waals surface area contributed by atoms with Crippen LogP contribution in [0.2, 0.25) is 0 Å². The molecule has 0 atom stereocenters. The van der Waals surface area contributed by atoms with E-state index in [2.05, 4.69) is 26.1 Å². The first kappa shape index (κ1) is 13.0. The van der Waals surface area contributed by atoms with Crippen LogP contribution in [-0.4, -0.2) is 28.5 Å². The van der Waals surface area contributed by atoms with E-state index >= 15 is 0 Å². The van der Waals surface area contributed by atoms with E-state index in [1.54, 1.807) is 0 Å². The van der Waals surface area contributed by atoms with Crippen molar-refractivity contribution in [1.82, 2.24) is 10.2 Å². The van der Waals surface area contributed by atoms with Gasteiger partial charge in [0.2, 0.25) is 11.8 Å². The topological polar surface area (TPSA) is 68.4 Å². The quantitative estimate of drug-likeness (QED) is 0.883. The highest BCUT2D eigenvalue weighted by atomic mass is 79.9. The summed E-state index contributed by atoms with van der Waals surface area (Å²) in [6, 6.07) is 7.62. The molecule has 18 heavy (non-hydrogen) atoms. The number of halogens is 1. The molecular formula is C12H13BrN2O3. The number of hydrogen-bond donors (Lipinski definition) is 1. The van der Waals surface area contributed by atoms with Crippen LogP contribution in [0.5, 0.6) is 5.75 Å². The predicted molar refractivity (Wildman–Crippen MR) is 68.4 cm³/mol. The molecule has 0 aliphatic rings. The Labute approximate surface area is 113 Å². The van der Waals surface area contributed by atoms with Crippen molar-refractivity contribution in [2.75, 3.05) is 13.2 Å². The summed E-state index contributed by atoms with van der Waals surface area (Å²) in [6.07, 6.45) is 0.935. The molecule has 0 fully saturated rings. The molecule has 1 heterocycles. The summed E-state index contributed by atoms with van der Waals surface area (Å²) in [5.74, 6) is 1.77. The second-order valence-corrected chi connectivity index (χ2v) is 4.53. The third-order valence-electron chi connectivity index (χ3n) is 2.22. The van der Waals surface area contributed by atoms with Gasteiger partial charge in [-0.1, -0.05) is 22.0 Å². The highest BCUT2D eigenvalue weighted by molar-refractivity contribution is 9.10. The van der Waals surface area contributed by atoms with Crippen LogP contribution in [0.1, 0.15) is 11.8 Å². The normalized spacial score (nSPS) is 10.6. The van der Waals surface area contributed by atoms with Crippen molar-refractivity contribution >= 4 is 15.9 Å². The number of aromatic nitrogens is 2. The van der Waals surface area contributed by atoms with Crippen molar-refractivity contribution in [2.24, 2.45) is 0 Å². The Kier molecular flexibility index (Phi) is 4.72. The molecule has 5 nitrogen and oxygen atoms in total. The lowest BCUT2D eigenvalue weighted by Gasteiger charge is -2.04. The van der Waals surface area contributed by atoms with Gasteiger partial charge in [-0.15, -0.1) is 10.2 Å². The summed E-state index contributed by atoms with van der Waals surface area (Å²) in [7, 11) is 0. The molecule has 0 saturated carbocycles. The number of ether oxygens (including phenoxy) is 1. The molecule has 1 aromatic heterocycles. The zero-order valence-electron chi connectivity index (χ0n) is 9.67. The van der Waals surface area contributed by atoms with Crippen molar-refractivity contribution in [3.63, 3.8) is 0 Å². The smallest absolute Gasteiger partial charge is 0.219 e. The van der Waals surface area contributed by atoms with Gasteiger partial charge in [0.15, 0.2) is 0 Å². The lowest BCUT2D eigenvalue weighted by molar-refractivity contribution is 0.278. The summed E-state index contributed by atoms with van der Waals surface area (Å²) in [4.78, 5) is 0. The van der Waals surface area contributed by atoms with Gasteiger partial charge < -0.3 is 14.3 Å². The minimum Gasteiger partial charge on any atom is -0.493 e. The van der Waals surface area contributed by atoms with E-state index in [0.717, 1.165) is 10.2 Å². The molecule has 0 saturated heterocycles. The molecule has 0 unspecified atom stereocenters. The Bertz CT molecular complexity index is 502. The average molecular weight is 313 g/mol. The van der Waals surface area contributed by atoms with Crippen molar-refractivity contribution < 1.29 is 14.3 Å². The zero-order chi connectivity index (χ0) is 12.8. The molecule has 2 aromatic rings. The van der Waals surface area contributed by atoms with Crippen LogP contribution in [0.15, 0.2) is 33.2 Å². The van der Waals surface area contributed by atoms with Crippen LogP contribution in [0.25, 0.3) is 0 Å². The first-order chi connectivity index (χ1) is 8.78. The highest BCUT2D eigenvalue weighted by Crippen LogP contribution is 2.17. The molecule has 0 spiro atoms. The molecule has 0 aliphatic heterocycles. The van der Waals surface area contributed by atoms with E-state index in [0.29, 0.717) is 31.2 Å². The Hall–Kier alpha value is -1.40. The first-order valence-electron chi connectivity index (χ1n) is 5.58. The van der Waals surface area contributed by atoms with Crippen LogP contribution >= 0.6 is 15.9 Å². The van der Waals surface area contributed by atoms with Gasteiger partial charge in [0.25, 0.3) is 0 Å². The largest absolute Gasteiger partial charge is 0.493 e. The van der Waals surface area contributed by atoms with Crippen molar-refractivity contribution in [1.29, 1.82) is 0 Å².